The number of benzene rings is 1. The van der Waals surface area contributed by atoms with Gasteiger partial charge in [0.1, 0.15) is 5.75 Å². The standard InChI is InChI=1S/C12H15BrO2/c1-7-5-10(14)9(13)6-8(7)11(15)12(2,3)4/h5-6,14H,1-4H3. The van der Waals surface area contributed by atoms with E-state index in [1.165, 1.54) is 0 Å². The minimum Gasteiger partial charge on any atom is -0.507 e. The van der Waals surface area contributed by atoms with Gasteiger partial charge in [-0.25, -0.2) is 0 Å². The van der Waals surface area contributed by atoms with Crippen LogP contribution in [0.1, 0.15) is 36.7 Å². The Morgan fingerprint density at radius 3 is 2.33 bits per heavy atom. The lowest BCUT2D eigenvalue weighted by molar-refractivity contribution is 0.0857. The molecule has 2 nitrogen and oxygen atoms in total. The summed E-state index contributed by atoms with van der Waals surface area (Å²) in [5, 5.41) is 9.45. The van der Waals surface area contributed by atoms with Crippen LogP contribution < -0.4 is 0 Å². The zero-order chi connectivity index (χ0) is 11.8. The van der Waals surface area contributed by atoms with E-state index in [1.54, 1.807) is 12.1 Å². The molecule has 0 radical (unpaired) electrons. The fourth-order valence-corrected chi connectivity index (χ4v) is 1.66. The third kappa shape index (κ3) is 2.59. The number of Topliss-reactive ketones (excluding diaryl/α,β-unsaturated/α-hetero) is 1. The third-order valence-electron chi connectivity index (χ3n) is 2.22. The largest absolute Gasteiger partial charge is 0.507 e. The van der Waals surface area contributed by atoms with E-state index in [0.717, 1.165) is 5.56 Å². The molecule has 0 fully saturated rings. The predicted octanol–water partition coefficient (Wildman–Crippen LogP) is 3.69. The molecule has 0 spiro atoms. The fraction of sp³-hybridized carbons (Fsp3) is 0.417. The Labute approximate surface area is 98.4 Å². The molecule has 1 aromatic rings. The average molecular weight is 271 g/mol. The van der Waals surface area contributed by atoms with E-state index in [4.69, 9.17) is 0 Å². The molecule has 0 atom stereocenters. The van der Waals surface area contributed by atoms with E-state index in [2.05, 4.69) is 15.9 Å². The molecule has 15 heavy (non-hydrogen) atoms. The highest BCUT2D eigenvalue weighted by atomic mass is 79.9. The van der Waals surface area contributed by atoms with Gasteiger partial charge in [-0.05, 0) is 40.5 Å². The molecule has 0 aliphatic carbocycles. The Morgan fingerprint density at radius 1 is 1.33 bits per heavy atom. The molecule has 0 heterocycles. The molecule has 0 aliphatic heterocycles. The summed E-state index contributed by atoms with van der Waals surface area (Å²) >= 11 is 3.21. The van der Waals surface area contributed by atoms with Gasteiger partial charge < -0.3 is 5.11 Å². The van der Waals surface area contributed by atoms with E-state index in [9.17, 15) is 9.90 Å². The molecule has 1 aromatic carbocycles. The molecular formula is C12H15BrO2. The molecule has 0 bridgehead atoms. The lowest BCUT2D eigenvalue weighted by Crippen LogP contribution is -2.21. The van der Waals surface area contributed by atoms with Crippen molar-refractivity contribution in [2.45, 2.75) is 27.7 Å². The molecule has 0 amide bonds. The van der Waals surface area contributed by atoms with Crippen molar-refractivity contribution in [1.29, 1.82) is 0 Å². The second kappa shape index (κ2) is 3.97. The summed E-state index contributed by atoms with van der Waals surface area (Å²) in [5.74, 6) is 0.249. The van der Waals surface area contributed by atoms with Crippen LogP contribution in [0.2, 0.25) is 0 Å². The van der Waals surface area contributed by atoms with Crippen molar-refractivity contribution in [2.75, 3.05) is 0 Å². The smallest absolute Gasteiger partial charge is 0.168 e. The highest BCUT2D eigenvalue weighted by Gasteiger charge is 2.24. The summed E-state index contributed by atoms with van der Waals surface area (Å²) in [4.78, 5) is 12.0. The van der Waals surface area contributed by atoms with Gasteiger partial charge in [-0.1, -0.05) is 20.8 Å². The van der Waals surface area contributed by atoms with Crippen LogP contribution in [0.5, 0.6) is 5.75 Å². The van der Waals surface area contributed by atoms with Crippen LogP contribution in [0, 0.1) is 12.3 Å². The van der Waals surface area contributed by atoms with Crippen molar-refractivity contribution in [2.24, 2.45) is 5.41 Å². The highest BCUT2D eigenvalue weighted by Crippen LogP contribution is 2.30. The zero-order valence-electron chi connectivity index (χ0n) is 9.39. The van der Waals surface area contributed by atoms with Crippen LogP contribution in [-0.4, -0.2) is 10.9 Å². The lowest BCUT2D eigenvalue weighted by Gasteiger charge is -2.18. The van der Waals surface area contributed by atoms with Crippen LogP contribution in [-0.2, 0) is 0 Å². The summed E-state index contributed by atoms with van der Waals surface area (Å²) < 4.78 is 0.556. The number of hydrogen-bond donors (Lipinski definition) is 1. The number of carbonyl (C=O) groups is 1. The Balaban J connectivity index is 3.28. The normalized spacial score (nSPS) is 11.5. The van der Waals surface area contributed by atoms with Gasteiger partial charge in [0.05, 0.1) is 4.47 Å². The Hall–Kier alpha value is -0.830. The highest BCUT2D eigenvalue weighted by molar-refractivity contribution is 9.10. The molecule has 0 saturated carbocycles. The number of halogens is 1. The quantitative estimate of drug-likeness (QED) is 0.791. The fourth-order valence-electron chi connectivity index (χ4n) is 1.31. The minimum absolute atomic E-state index is 0.0840. The van der Waals surface area contributed by atoms with Gasteiger partial charge in [-0.2, -0.15) is 0 Å². The molecule has 0 unspecified atom stereocenters. The summed E-state index contributed by atoms with van der Waals surface area (Å²) in [6, 6.07) is 3.28. The number of phenols is 1. The zero-order valence-corrected chi connectivity index (χ0v) is 11.0. The molecule has 3 heteroatoms. The van der Waals surface area contributed by atoms with Crippen molar-refractivity contribution >= 4 is 21.7 Å². The third-order valence-corrected chi connectivity index (χ3v) is 2.85. The minimum atomic E-state index is -0.402. The number of phenolic OH excluding ortho intramolecular Hbond substituents is 1. The van der Waals surface area contributed by atoms with E-state index in [-0.39, 0.29) is 11.5 Å². The van der Waals surface area contributed by atoms with Gasteiger partial charge in [-0.15, -0.1) is 0 Å². The van der Waals surface area contributed by atoms with Crippen molar-refractivity contribution < 1.29 is 9.90 Å². The maximum atomic E-state index is 12.0. The Kier molecular flexibility index (Phi) is 3.24. The van der Waals surface area contributed by atoms with Gasteiger partial charge in [-0.3, -0.25) is 4.79 Å². The van der Waals surface area contributed by atoms with Crippen molar-refractivity contribution in [1.82, 2.24) is 0 Å². The van der Waals surface area contributed by atoms with Gasteiger partial charge >= 0.3 is 0 Å². The maximum absolute atomic E-state index is 12.0. The average Bonchev–Trinajstić information content (AvgIpc) is 2.08. The van der Waals surface area contributed by atoms with Crippen molar-refractivity contribution in [3.8, 4) is 5.75 Å². The molecule has 0 aromatic heterocycles. The first-order chi connectivity index (χ1) is 6.73. The van der Waals surface area contributed by atoms with Gasteiger partial charge in [0.15, 0.2) is 5.78 Å². The lowest BCUT2D eigenvalue weighted by atomic mass is 9.85. The second-order valence-corrected chi connectivity index (χ2v) is 5.55. The van der Waals surface area contributed by atoms with E-state index in [0.29, 0.717) is 10.0 Å². The van der Waals surface area contributed by atoms with Crippen LogP contribution >= 0.6 is 15.9 Å². The van der Waals surface area contributed by atoms with E-state index >= 15 is 0 Å². The van der Waals surface area contributed by atoms with Crippen LogP contribution in [0.3, 0.4) is 0 Å². The second-order valence-electron chi connectivity index (χ2n) is 4.70. The molecular weight excluding hydrogens is 256 g/mol. The SMILES string of the molecule is Cc1cc(O)c(Br)cc1C(=O)C(C)(C)C. The van der Waals surface area contributed by atoms with Crippen LogP contribution in [0.15, 0.2) is 16.6 Å². The van der Waals surface area contributed by atoms with Gasteiger partial charge in [0.2, 0.25) is 0 Å². The van der Waals surface area contributed by atoms with Crippen LogP contribution in [0.4, 0.5) is 0 Å². The molecule has 1 rings (SSSR count). The first kappa shape index (κ1) is 12.2. The number of rotatable bonds is 1. The van der Waals surface area contributed by atoms with Crippen molar-refractivity contribution in [3.05, 3.63) is 27.7 Å². The Bertz CT molecular complexity index is 403. The monoisotopic (exact) mass is 270 g/mol. The molecule has 0 saturated heterocycles. The van der Waals surface area contributed by atoms with E-state index in [1.807, 2.05) is 27.7 Å². The summed E-state index contributed by atoms with van der Waals surface area (Å²) in [6.45, 7) is 7.48. The first-order valence-corrected chi connectivity index (χ1v) is 5.56. The molecule has 1 N–H and O–H groups in total. The summed E-state index contributed by atoms with van der Waals surface area (Å²) in [6.07, 6.45) is 0. The molecule has 82 valence electrons. The summed E-state index contributed by atoms with van der Waals surface area (Å²) in [5.41, 5.74) is 1.06. The number of aryl methyl sites for hydroxylation is 1. The summed E-state index contributed by atoms with van der Waals surface area (Å²) in [7, 11) is 0. The number of ketones is 1. The number of aromatic hydroxyl groups is 1. The van der Waals surface area contributed by atoms with Gasteiger partial charge in [0, 0.05) is 11.0 Å². The van der Waals surface area contributed by atoms with Crippen molar-refractivity contribution in [3.63, 3.8) is 0 Å². The topological polar surface area (TPSA) is 37.3 Å². The molecule has 0 aliphatic rings. The van der Waals surface area contributed by atoms with Gasteiger partial charge in [0.25, 0.3) is 0 Å². The first-order valence-electron chi connectivity index (χ1n) is 4.77. The Morgan fingerprint density at radius 2 is 1.87 bits per heavy atom. The predicted molar refractivity (Wildman–Crippen MR) is 64.3 cm³/mol. The maximum Gasteiger partial charge on any atom is 0.168 e. The number of carbonyl (C=O) groups excluding carboxylic acids is 1. The van der Waals surface area contributed by atoms with E-state index < -0.39 is 5.41 Å². The van der Waals surface area contributed by atoms with Crippen LogP contribution in [0.25, 0.3) is 0 Å². The number of hydrogen-bond acceptors (Lipinski definition) is 2.